The van der Waals surface area contributed by atoms with Crippen LogP contribution in [0.4, 0.5) is 0 Å². The van der Waals surface area contributed by atoms with Crippen molar-refractivity contribution in [3.8, 4) is 33.6 Å². The quantitative estimate of drug-likeness (QED) is 0.0738. The number of aromatic nitrogens is 3. The average molecular weight is 902 g/mol. The minimum Gasteiger partial charge on any atom is -0.445 e. The highest BCUT2D eigenvalue weighted by Gasteiger charge is 2.52. The smallest absolute Gasteiger partial charge is 0.445 e. The fraction of sp³-hybridized carbons (Fsp3) is 0.102. The lowest BCUT2D eigenvalue weighted by atomic mass is 9.87. The minimum atomic E-state index is -0.814. The van der Waals surface area contributed by atoms with Crippen molar-refractivity contribution in [2.75, 3.05) is 0 Å². The number of pyridine rings is 3. The molecule has 0 N–H and O–H groups in total. The topological polar surface area (TPSA) is 102 Å². The Labute approximate surface area is 395 Å². The number of amides is 2. The number of hydrogen-bond acceptors (Lipinski definition) is 6. The van der Waals surface area contributed by atoms with Gasteiger partial charge in [-0.2, -0.15) is 0 Å². The van der Waals surface area contributed by atoms with E-state index in [1.54, 1.807) is 0 Å². The minimum absolute atomic E-state index is 0.0132. The summed E-state index contributed by atoms with van der Waals surface area (Å²) in [6.07, 6.45) is 0.890. The molecule has 14 rings (SSSR count). The second-order valence-electron chi connectivity index (χ2n) is 17.8. The van der Waals surface area contributed by atoms with Crippen molar-refractivity contribution in [1.29, 1.82) is 0 Å². The SMILES string of the molecule is O=C(CCc1ccc(-c2ccc3[n+](c2)C2[n+]4c(c5ccccc5c5ccccc54)-c4ccccc4C(OC3=O)c3ccccc3-c3c4ccccc4c4ccccc4[n+]32)cc1)ON1C(=O)CCC1=O. The number of nitrogens with zero attached hydrogens (tertiary/aromatic N) is 4. The molecule has 0 aliphatic carbocycles. The van der Waals surface area contributed by atoms with Gasteiger partial charge in [-0.1, -0.05) is 135 Å². The van der Waals surface area contributed by atoms with E-state index in [0.29, 0.717) is 17.2 Å². The molecule has 3 aromatic heterocycles. The van der Waals surface area contributed by atoms with Crippen molar-refractivity contribution in [3.63, 3.8) is 0 Å². The predicted octanol–water partition coefficient (Wildman–Crippen LogP) is 9.83. The van der Waals surface area contributed by atoms with Gasteiger partial charge in [0.25, 0.3) is 11.8 Å². The number of esters is 1. The number of ether oxygens (including phenoxy) is 1. The third-order valence-corrected chi connectivity index (χ3v) is 14.0. The van der Waals surface area contributed by atoms with Gasteiger partial charge in [-0.15, -0.1) is 5.06 Å². The summed E-state index contributed by atoms with van der Waals surface area (Å²) in [6.45, 7) is 0. The van der Waals surface area contributed by atoms with E-state index in [1.807, 2.05) is 48.5 Å². The number of aryl methyl sites for hydroxylation is 1. The van der Waals surface area contributed by atoms with Crippen LogP contribution in [0, 0.1) is 0 Å². The number of imide groups is 1. The highest BCUT2D eigenvalue weighted by Crippen LogP contribution is 2.44. The molecule has 7 aromatic carbocycles. The molecule has 0 saturated carbocycles. The highest BCUT2D eigenvalue weighted by atomic mass is 16.7. The summed E-state index contributed by atoms with van der Waals surface area (Å²) in [5.74, 6) is -2.13. The van der Waals surface area contributed by atoms with Gasteiger partial charge in [0.05, 0.1) is 39.1 Å². The first-order valence-corrected chi connectivity index (χ1v) is 23.2. The van der Waals surface area contributed by atoms with Gasteiger partial charge < -0.3 is 9.57 Å². The zero-order valence-electron chi connectivity index (χ0n) is 37.1. The number of carbonyl (C=O) groups excluding carboxylic acids is 4. The molecule has 2 amide bonds. The Morgan fingerprint density at radius 3 is 1.58 bits per heavy atom. The maximum Gasteiger partial charge on any atom is 0.555 e. The van der Waals surface area contributed by atoms with Crippen molar-refractivity contribution in [3.05, 3.63) is 211 Å². The van der Waals surface area contributed by atoms with Crippen LogP contribution >= 0.6 is 0 Å². The van der Waals surface area contributed by atoms with Crippen LogP contribution in [0.15, 0.2) is 188 Å². The van der Waals surface area contributed by atoms with Gasteiger partial charge in [0.15, 0.2) is 12.3 Å². The molecule has 1 saturated heterocycles. The third kappa shape index (κ3) is 6.36. The molecule has 10 heteroatoms. The van der Waals surface area contributed by atoms with Crippen molar-refractivity contribution < 1.29 is 42.5 Å². The van der Waals surface area contributed by atoms with E-state index < -0.39 is 36.1 Å². The predicted molar refractivity (Wildman–Crippen MR) is 259 cm³/mol. The standard InChI is InChI=1S/C59H41N4O6/c64-52-32-33-53(65)63(52)69-54(66)34-27-36-25-28-37(29-26-36)38-30-31-51-58(67)68-57-47-21-7-5-19-45(47)55-43-17-3-1-13-39(43)41-15-9-11-23-49(41)61(55)59(60(51)35-38)62-50-24-12-10-16-42(50)40-14-2-4-18-44(40)56(62)46-20-6-8-22-48(46)57/h1-26,28-31,35,57,59H,27,32-34H2/q+3. The number of fused-ring (bicyclic) bond motifs is 7. The Bertz CT molecular complexity index is 3680. The van der Waals surface area contributed by atoms with Crippen LogP contribution in [0.3, 0.4) is 0 Å². The number of rotatable bonds is 5. The number of hydroxylamine groups is 2. The third-order valence-electron chi connectivity index (χ3n) is 14.0. The molecule has 0 spiro atoms. The zero-order chi connectivity index (χ0) is 46.3. The van der Waals surface area contributed by atoms with E-state index in [0.717, 1.165) is 93.7 Å². The Morgan fingerprint density at radius 2 is 1.01 bits per heavy atom. The van der Waals surface area contributed by atoms with Crippen molar-refractivity contribution in [1.82, 2.24) is 5.06 Å². The van der Waals surface area contributed by atoms with Crippen LogP contribution in [0.5, 0.6) is 0 Å². The molecular weight excluding hydrogens is 861 g/mol. The summed E-state index contributed by atoms with van der Waals surface area (Å²) in [7, 11) is 0. The molecular formula is C59H41N4O6+3. The summed E-state index contributed by atoms with van der Waals surface area (Å²) in [4.78, 5) is 57.4. The number of carbonyl (C=O) groups is 4. The molecule has 10 aromatic rings. The van der Waals surface area contributed by atoms with Crippen LogP contribution in [-0.4, -0.2) is 28.8 Å². The largest absolute Gasteiger partial charge is 0.555 e. The second kappa shape index (κ2) is 15.9. The van der Waals surface area contributed by atoms with Gasteiger partial charge in [-0.25, -0.2) is 9.59 Å². The van der Waals surface area contributed by atoms with Crippen molar-refractivity contribution >= 4 is 67.1 Å². The van der Waals surface area contributed by atoms with Crippen molar-refractivity contribution in [2.45, 2.75) is 38.1 Å². The fourth-order valence-electron chi connectivity index (χ4n) is 10.9. The molecule has 330 valence electrons. The molecule has 4 aliphatic heterocycles. The van der Waals surface area contributed by atoms with E-state index in [1.165, 1.54) is 0 Å². The van der Waals surface area contributed by atoms with Crippen LogP contribution in [0.2, 0.25) is 0 Å². The molecule has 69 heavy (non-hydrogen) atoms. The molecule has 2 bridgehead atoms. The number of para-hydroxylation sites is 2. The fourth-order valence-corrected chi connectivity index (χ4v) is 10.9. The Kier molecular flexibility index (Phi) is 9.30. The monoisotopic (exact) mass is 901 g/mol. The summed E-state index contributed by atoms with van der Waals surface area (Å²) in [5, 5.41) is 7.03. The van der Waals surface area contributed by atoms with E-state index in [4.69, 9.17) is 9.57 Å². The summed E-state index contributed by atoms with van der Waals surface area (Å²) in [6, 6.07) is 62.7. The molecule has 7 heterocycles. The average Bonchev–Trinajstić information content (AvgIpc) is 3.71. The lowest BCUT2D eigenvalue weighted by molar-refractivity contribution is -1.10. The molecule has 0 atom stereocenters. The molecule has 0 unspecified atom stereocenters. The van der Waals surface area contributed by atoms with Crippen LogP contribution in [-0.2, 0) is 30.4 Å². The first-order chi connectivity index (χ1) is 33.9. The summed E-state index contributed by atoms with van der Waals surface area (Å²) < 4.78 is 13.9. The zero-order valence-corrected chi connectivity index (χ0v) is 37.1. The van der Waals surface area contributed by atoms with E-state index >= 15 is 4.79 Å². The molecule has 10 nitrogen and oxygen atoms in total. The van der Waals surface area contributed by atoms with E-state index in [9.17, 15) is 14.4 Å². The lowest BCUT2D eigenvalue weighted by Gasteiger charge is -2.27. The first kappa shape index (κ1) is 40.4. The molecule has 0 radical (unpaired) electrons. The van der Waals surface area contributed by atoms with Crippen LogP contribution < -0.4 is 13.7 Å². The van der Waals surface area contributed by atoms with Crippen LogP contribution in [0.25, 0.3) is 77.0 Å². The molecule has 1 fully saturated rings. The normalized spacial score (nSPS) is 16.1. The van der Waals surface area contributed by atoms with E-state index in [2.05, 4.69) is 153 Å². The summed E-state index contributed by atoms with van der Waals surface area (Å²) >= 11 is 0. The van der Waals surface area contributed by atoms with Gasteiger partial charge in [-0.05, 0) is 60.0 Å². The Hall–Kier alpha value is -8.89. The van der Waals surface area contributed by atoms with Crippen LogP contribution in [0.1, 0.15) is 58.8 Å². The van der Waals surface area contributed by atoms with Crippen molar-refractivity contribution in [2.24, 2.45) is 0 Å². The van der Waals surface area contributed by atoms with Gasteiger partial charge in [0.1, 0.15) is 0 Å². The van der Waals surface area contributed by atoms with Gasteiger partial charge in [0.2, 0.25) is 22.4 Å². The first-order valence-electron chi connectivity index (χ1n) is 23.2. The highest BCUT2D eigenvalue weighted by molar-refractivity contribution is 6.10. The van der Waals surface area contributed by atoms with Gasteiger partial charge >= 0.3 is 23.9 Å². The van der Waals surface area contributed by atoms with Gasteiger partial charge in [0, 0.05) is 58.5 Å². The second-order valence-corrected chi connectivity index (χ2v) is 17.8. The summed E-state index contributed by atoms with van der Waals surface area (Å²) in [5.41, 5.74) is 10.5. The Morgan fingerprint density at radius 1 is 0.536 bits per heavy atom. The maximum atomic E-state index is 15.4. The Balaban J connectivity index is 1.12. The maximum absolute atomic E-state index is 15.4. The molecule has 4 aliphatic rings. The van der Waals surface area contributed by atoms with E-state index in [-0.39, 0.29) is 19.3 Å². The van der Waals surface area contributed by atoms with Gasteiger partial charge in [-0.3, -0.25) is 9.59 Å². The lowest BCUT2D eigenvalue weighted by Crippen LogP contribution is -2.74. The number of hydrogen-bond donors (Lipinski definition) is 0. The number of benzene rings is 7.